The van der Waals surface area contributed by atoms with E-state index in [9.17, 15) is 18.0 Å². The third kappa shape index (κ3) is 2.17. The molecule has 1 aliphatic heterocycles. The predicted octanol–water partition coefficient (Wildman–Crippen LogP) is -0.0371. The number of halogens is 3. The normalized spacial score (nSPS) is 24.2. The zero-order valence-electron chi connectivity index (χ0n) is 9.34. The Hall–Kier alpha value is -1.64. The van der Waals surface area contributed by atoms with E-state index in [4.69, 9.17) is 0 Å². The van der Waals surface area contributed by atoms with E-state index in [0.717, 1.165) is 0 Å². The van der Waals surface area contributed by atoms with Crippen molar-refractivity contribution in [3.05, 3.63) is 12.2 Å². The van der Waals surface area contributed by atoms with E-state index in [1.165, 1.54) is 6.33 Å². The molecule has 1 aromatic rings. The van der Waals surface area contributed by atoms with E-state index < -0.39 is 24.0 Å². The molecule has 18 heavy (non-hydrogen) atoms. The SMILES string of the molecule is O=C(NCc1ncn[nH]1)C1(C(F)(F)F)CCNC1. The predicted molar refractivity (Wildman–Crippen MR) is 54.2 cm³/mol. The van der Waals surface area contributed by atoms with Gasteiger partial charge in [0.05, 0.1) is 6.54 Å². The Bertz CT molecular complexity index is 410. The third-order valence-electron chi connectivity index (χ3n) is 3.01. The maximum atomic E-state index is 13.0. The van der Waals surface area contributed by atoms with Gasteiger partial charge in [-0.25, -0.2) is 4.98 Å². The van der Waals surface area contributed by atoms with E-state index in [2.05, 4.69) is 25.8 Å². The average molecular weight is 263 g/mol. The maximum absolute atomic E-state index is 13.0. The Morgan fingerprint density at radius 3 is 2.83 bits per heavy atom. The fourth-order valence-corrected chi connectivity index (χ4v) is 1.91. The highest BCUT2D eigenvalue weighted by molar-refractivity contribution is 5.84. The number of nitrogens with zero attached hydrogens (tertiary/aromatic N) is 2. The minimum absolute atomic E-state index is 0.101. The molecule has 0 bridgehead atoms. The van der Waals surface area contributed by atoms with Gasteiger partial charge >= 0.3 is 6.18 Å². The Morgan fingerprint density at radius 2 is 2.33 bits per heavy atom. The van der Waals surface area contributed by atoms with Crippen LogP contribution in [0.3, 0.4) is 0 Å². The van der Waals surface area contributed by atoms with Crippen molar-refractivity contribution in [2.45, 2.75) is 19.1 Å². The van der Waals surface area contributed by atoms with Crippen LogP contribution in [0.2, 0.25) is 0 Å². The van der Waals surface area contributed by atoms with Crippen LogP contribution in [0.1, 0.15) is 12.2 Å². The van der Waals surface area contributed by atoms with E-state index >= 15 is 0 Å². The van der Waals surface area contributed by atoms with Crippen molar-refractivity contribution in [1.82, 2.24) is 25.8 Å². The van der Waals surface area contributed by atoms with Crippen molar-refractivity contribution in [2.75, 3.05) is 13.1 Å². The summed E-state index contributed by atoms with van der Waals surface area (Å²) < 4.78 is 39.0. The zero-order chi connectivity index (χ0) is 13.2. The number of hydrogen-bond acceptors (Lipinski definition) is 4. The molecule has 9 heteroatoms. The van der Waals surface area contributed by atoms with Gasteiger partial charge in [0.2, 0.25) is 5.91 Å². The molecule has 1 atom stereocenters. The summed E-state index contributed by atoms with van der Waals surface area (Å²) in [4.78, 5) is 15.5. The first-order valence-corrected chi connectivity index (χ1v) is 5.36. The van der Waals surface area contributed by atoms with Gasteiger partial charge in [-0.05, 0) is 13.0 Å². The maximum Gasteiger partial charge on any atom is 0.404 e. The summed E-state index contributed by atoms with van der Waals surface area (Å²) in [6, 6.07) is 0. The number of carbonyl (C=O) groups excluding carboxylic acids is 1. The number of H-pyrrole nitrogens is 1. The fourth-order valence-electron chi connectivity index (χ4n) is 1.91. The van der Waals surface area contributed by atoms with E-state index in [1.54, 1.807) is 0 Å². The van der Waals surface area contributed by atoms with Crippen LogP contribution in [-0.2, 0) is 11.3 Å². The van der Waals surface area contributed by atoms with Crippen LogP contribution in [-0.4, -0.2) is 40.4 Å². The number of aromatic amines is 1. The van der Waals surface area contributed by atoms with Gasteiger partial charge in [0.1, 0.15) is 12.2 Å². The molecule has 0 aromatic carbocycles. The second-order valence-corrected chi connectivity index (χ2v) is 4.12. The standard InChI is InChI=1S/C9H12F3N5O/c10-9(11,12)8(1-2-13-4-8)7(18)14-3-6-15-5-16-17-6/h5,13H,1-4H2,(H,14,18)(H,15,16,17). The van der Waals surface area contributed by atoms with Crippen LogP contribution in [0, 0.1) is 5.41 Å². The van der Waals surface area contributed by atoms with Gasteiger partial charge in [0.15, 0.2) is 5.41 Å². The van der Waals surface area contributed by atoms with Crippen molar-refractivity contribution in [1.29, 1.82) is 0 Å². The van der Waals surface area contributed by atoms with Crippen LogP contribution in [0.15, 0.2) is 6.33 Å². The molecule has 1 saturated heterocycles. The molecule has 0 radical (unpaired) electrons. The van der Waals surface area contributed by atoms with E-state index in [1.807, 2.05) is 0 Å². The first kappa shape index (κ1) is 12.8. The lowest BCUT2D eigenvalue weighted by Crippen LogP contribution is -2.52. The van der Waals surface area contributed by atoms with Gasteiger partial charge in [-0.1, -0.05) is 0 Å². The topological polar surface area (TPSA) is 82.7 Å². The average Bonchev–Trinajstić information content (AvgIpc) is 2.96. The second kappa shape index (κ2) is 4.56. The summed E-state index contributed by atoms with van der Waals surface area (Å²) in [6.07, 6.45) is -3.60. The van der Waals surface area contributed by atoms with E-state index in [0.29, 0.717) is 5.82 Å². The van der Waals surface area contributed by atoms with Crippen LogP contribution >= 0.6 is 0 Å². The Balaban J connectivity index is 2.05. The van der Waals surface area contributed by atoms with Crippen molar-refractivity contribution in [3.8, 4) is 0 Å². The number of alkyl halides is 3. The third-order valence-corrected chi connectivity index (χ3v) is 3.01. The molecular formula is C9H12F3N5O. The second-order valence-electron chi connectivity index (χ2n) is 4.12. The summed E-state index contributed by atoms with van der Waals surface area (Å²) in [7, 11) is 0. The van der Waals surface area contributed by atoms with Crippen molar-refractivity contribution in [3.63, 3.8) is 0 Å². The summed E-state index contributed by atoms with van der Waals surface area (Å²) in [5, 5.41) is 10.8. The Morgan fingerprint density at radius 1 is 1.56 bits per heavy atom. The Kier molecular flexibility index (Phi) is 3.24. The number of hydrogen-bond donors (Lipinski definition) is 3. The fraction of sp³-hybridized carbons (Fsp3) is 0.667. The van der Waals surface area contributed by atoms with Crippen LogP contribution in [0.4, 0.5) is 13.2 Å². The van der Waals surface area contributed by atoms with Crippen molar-refractivity contribution < 1.29 is 18.0 Å². The highest BCUT2D eigenvalue weighted by Crippen LogP contribution is 2.43. The molecule has 100 valence electrons. The van der Waals surface area contributed by atoms with Crippen LogP contribution in [0.25, 0.3) is 0 Å². The van der Waals surface area contributed by atoms with Gasteiger partial charge in [-0.3, -0.25) is 9.89 Å². The molecular weight excluding hydrogens is 251 g/mol. The van der Waals surface area contributed by atoms with Gasteiger partial charge in [0.25, 0.3) is 0 Å². The molecule has 0 spiro atoms. The minimum atomic E-state index is -4.57. The molecule has 0 saturated carbocycles. The molecule has 0 aliphatic carbocycles. The highest BCUT2D eigenvalue weighted by atomic mass is 19.4. The summed E-state index contributed by atoms with van der Waals surface area (Å²) in [5.74, 6) is -0.719. The minimum Gasteiger partial charge on any atom is -0.348 e. The lowest BCUT2D eigenvalue weighted by molar-refractivity contribution is -0.216. The lowest BCUT2D eigenvalue weighted by atomic mass is 9.85. The molecule has 3 N–H and O–H groups in total. The van der Waals surface area contributed by atoms with Crippen LogP contribution < -0.4 is 10.6 Å². The highest BCUT2D eigenvalue weighted by Gasteiger charge is 2.61. The number of carbonyl (C=O) groups is 1. The summed E-state index contributed by atoms with van der Waals surface area (Å²) in [6.45, 7) is -0.315. The number of nitrogens with one attached hydrogen (secondary N) is 3. The van der Waals surface area contributed by atoms with Crippen molar-refractivity contribution >= 4 is 5.91 Å². The Labute approximate surface area is 100 Å². The summed E-state index contributed by atoms with van der Waals surface area (Å²) >= 11 is 0. The molecule has 2 heterocycles. The smallest absolute Gasteiger partial charge is 0.348 e. The molecule has 1 unspecified atom stereocenters. The molecule has 2 rings (SSSR count). The van der Waals surface area contributed by atoms with Gasteiger partial charge < -0.3 is 10.6 Å². The van der Waals surface area contributed by atoms with Gasteiger partial charge in [-0.15, -0.1) is 0 Å². The summed E-state index contributed by atoms with van der Waals surface area (Å²) in [5.41, 5.74) is -2.34. The van der Waals surface area contributed by atoms with Crippen LogP contribution in [0.5, 0.6) is 0 Å². The van der Waals surface area contributed by atoms with Gasteiger partial charge in [-0.2, -0.15) is 18.3 Å². The quantitative estimate of drug-likeness (QED) is 0.714. The monoisotopic (exact) mass is 263 g/mol. The first-order chi connectivity index (χ1) is 8.46. The number of aromatic nitrogens is 3. The molecule has 6 nitrogen and oxygen atoms in total. The van der Waals surface area contributed by atoms with Crippen molar-refractivity contribution in [2.24, 2.45) is 5.41 Å². The molecule has 1 fully saturated rings. The molecule has 1 amide bonds. The number of rotatable bonds is 3. The lowest BCUT2D eigenvalue weighted by Gasteiger charge is -2.29. The largest absolute Gasteiger partial charge is 0.404 e. The van der Waals surface area contributed by atoms with Gasteiger partial charge in [0, 0.05) is 6.54 Å². The zero-order valence-corrected chi connectivity index (χ0v) is 9.34. The molecule has 1 aliphatic rings. The first-order valence-electron chi connectivity index (χ1n) is 5.36. The van der Waals surface area contributed by atoms with E-state index in [-0.39, 0.29) is 19.5 Å². The number of amides is 1. The molecule has 1 aromatic heterocycles.